The van der Waals surface area contributed by atoms with Gasteiger partial charge < -0.3 is 10.4 Å². The summed E-state index contributed by atoms with van der Waals surface area (Å²) < 4.78 is 0. The minimum atomic E-state index is -0.689. The quantitative estimate of drug-likeness (QED) is 0.510. The molecule has 1 unspecified atom stereocenters. The Morgan fingerprint density at radius 1 is 1.46 bits per heavy atom. The summed E-state index contributed by atoms with van der Waals surface area (Å²) in [6.45, 7) is 3.34. The third kappa shape index (κ3) is 3.19. The van der Waals surface area contributed by atoms with E-state index >= 15 is 0 Å². The van der Waals surface area contributed by atoms with E-state index in [2.05, 4.69) is 11.9 Å². The second-order valence-electron chi connectivity index (χ2n) is 3.56. The Hall–Kier alpha value is -0.830. The zero-order valence-corrected chi connectivity index (χ0v) is 7.83. The van der Waals surface area contributed by atoms with Crippen LogP contribution < -0.4 is 5.32 Å². The van der Waals surface area contributed by atoms with Crippen LogP contribution in [0.5, 0.6) is 0 Å². The van der Waals surface area contributed by atoms with E-state index in [1.165, 1.54) is 12.5 Å². The summed E-state index contributed by atoms with van der Waals surface area (Å²) in [6.07, 6.45) is 6.09. The van der Waals surface area contributed by atoms with Crippen molar-refractivity contribution in [2.45, 2.75) is 38.3 Å². The molecule has 1 aliphatic rings. The highest BCUT2D eigenvalue weighted by Gasteiger charge is 2.21. The molecule has 0 spiro atoms. The van der Waals surface area contributed by atoms with Gasteiger partial charge in [-0.25, -0.2) is 0 Å². The highest BCUT2D eigenvalue weighted by atomic mass is 16.3. The summed E-state index contributed by atoms with van der Waals surface area (Å²) >= 11 is 0. The molecule has 1 amide bonds. The van der Waals surface area contributed by atoms with E-state index in [0.717, 1.165) is 25.7 Å². The number of hydrogen-bond acceptors (Lipinski definition) is 2. The van der Waals surface area contributed by atoms with Gasteiger partial charge in [0.15, 0.2) is 0 Å². The van der Waals surface area contributed by atoms with Crippen molar-refractivity contribution < 1.29 is 9.90 Å². The topological polar surface area (TPSA) is 49.3 Å². The lowest BCUT2D eigenvalue weighted by Crippen LogP contribution is -2.40. The Morgan fingerprint density at radius 2 is 2.08 bits per heavy atom. The molecule has 1 fully saturated rings. The van der Waals surface area contributed by atoms with Gasteiger partial charge in [0.1, 0.15) is 6.23 Å². The van der Waals surface area contributed by atoms with Gasteiger partial charge >= 0.3 is 0 Å². The molecule has 1 aliphatic carbocycles. The van der Waals surface area contributed by atoms with Crippen molar-refractivity contribution in [1.82, 2.24) is 5.32 Å². The molecule has 3 nitrogen and oxygen atoms in total. The van der Waals surface area contributed by atoms with Gasteiger partial charge in [0.05, 0.1) is 0 Å². The smallest absolute Gasteiger partial charge is 0.245 e. The lowest BCUT2D eigenvalue weighted by molar-refractivity contribution is -0.120. The molecule has 0 aliphatic heterocycles. The van der Waals surface area contributed by atoms with E-state index in [0.29, 0.717) is 0 Å². The van der Waals surface area contributed by atoms with Crippen molar-refractivity contribution in [2.75, 3.05) is 0 Å². The number of carbonyl (C=O) groups excluding carboxylic acids is 1. The lowest BCUT2D eigenvalue weighted by Gasteiger charge is -2.26. The second-order valence-corrected chi connectivity index (χ2v) is 3.56. The summed E-state index contributed by atoms with van der Waals surface area (Å²) in [5, 5.41) is 12.1. The first kappa shape index (κ1) is 10.3. The van der Waals surface area contributed by atoms with Crippen LogP contribution in [0.1, 0.15) is 32.1 Å². The molecule has 74 valence electrons. The molecule has 2 N–H and O–H groups in total. The average Bonchev–Trinajstić information content (AvgIpc) is 2.19. The Bertz CT molecular complexity index is 185. The largest absolute Gasteiger partial charge is 0.373 e. The van der Waals surface area contributed by atoms with Crippen LogP contribution in [0.2, 0.25) is 0 Å². The molecule has 1 rings (SSSR count). The molecular formula is C10H17NO2. The molecule has 0 radical (unpaired) electrons. The third-order valence-corrected chi connectivity index (χ3v) is 2.57. The maximum Gasteiger partial charge on any atom is 0.245 e. The van der Waals surface area contributed by atoms with Gasteiger partial charge in [0.2, 0.25) is 5.91 Å². The van der Waals surface area contributed by atoms with Crippen LogP contribution in [-0.2, 0) is 4.79 Å². The van der Waals surface area contributed by atoms with E-state index in [9.17, 15) is 9.90 Å². The molecule has 0 saturated heterocycles. The van der Waals surface area contributed by atoms with E-state index in [-0.39, 0.29) is 11.8 Å². The lowest BCUT2D eigenvalue weighted by atomic mass is 9.88. The van der Waals surface area contributed by atoms with Crippen molar-refractivity contribution in [3.05, 3.63) is 12.7 Å². The van der Waals surface area contributed by atoms with Crippen LogP contribution in [0.3, 0.4) is 0 Å². The fourth-order valence-corrected chi connectivity index (χ4v) is 1.77. The van der Waals surface area contributed by atoms with E-state index in [4.69, 9.17) is 0 Å². The van der Waals surface area contributed by atoms with Crippen LogP contribution in [0.15, 0.2) is 12.7 Å². The SMILES string of the molecule is C=CC(=O)NC(O)C1CCCCC1. The first-order valence-electron chi connectivity index (χ1n) is 4.85. The maximum atomic E-state index is 10.9. The number of carbonyl (C=O) groups is 1. The van der Waals surface area contributed by atoms with Gasteiger partial charge in [0.25, 0.3) is 0 Å². The first-order valence-corrected chi connectivity index (χ1v) is 4.85. The Balaban J connectivity index is 2.32. The molecule has 3 heteroatoms. The van der Waals surface area contributed by atoms with Gasteiger partial charge in [-0.1, -0.05) is 25.8 Å². The monoisotopic (exact) mass is 183 g/mol. The van der Waals surface area contributed by atoms with Crippen LogP contribution >= 0.6 is 0 Å². The molecule has 1 atom stereocenters. The molecule has 0 heterocycles. The van der Waals surface area contributed by atoms with E-state index in [1.54, 1.807) is 0 Å². The van der Waals surface area contributed by atoms with Crippen LogP contribution in [-0.4, -0.2) is 17.2 Å². The zero-order valence-electron chi connectivity index (χ0n) is 7.83. The van der Waals surface area contributed by atoms with Crippen molar-refractivity contribution in [2.24, 2.45) is 5.92 Å². The van der Waals surface area contributed by atoms with Crippen molar-refractivity contribution in [3.8, 4) is 0 Å². The van der Waals surface area contributed by atoms with Gasteiger partial charge in [-0.05, 0) is 18.9 Å². The van der Waals surface area contributed by atoms with Gasteiger partial charge in [-0.3, -0.25) is 4.79 Å². The highest BCUT2D eigenvalue weighted by molar-refractivity contribution is 5.86. The second kappa shape index (κ2) is 5.02. The molecular weight excluding hydrogens is 166 g/mol. The molecule has 1 saturated carbocycles. The number of nitrogens with one attached hydrogen (secondary N) is 1. The number of amides is 1. The molecule has 0 aromatic rings. The standard InChI is InChI=1S/C10H17NO2/c1-2-9(12)11-10(13)8-6-4-3-5-7-8/h2,8,10,13H,1,3-7H2,(H,11,12). The van der Waals surface area contributed by atoms with Crippen molar-refractivity contribution in [3.63, 3.8) is 0 Å². The Morgan fingerprint density at radius 3 is 2.62 bits per heavy atom. The molecule has 13 heavy (non-hydrogen) atoms. The van der Waals surface area contributed by atoms with Crippen molar-refractivity contribution >= 4 is 5.91 Å². The predicted octanol–water partition coefficient (Wildman–Crippen LogP) is 1.19. The molecule has 0 aromatic carbocycles. The summed E-state index contributed by atoms with van der Waals surface area (Å²) in [7, 11) is 0. The van der Waals surface area contributed by atoms with Crippen LogP contribution in [0, 0.1) is 5.92 Å². The number of aliphatic hydroxyl groups excluding tert-OH is 1. The number of rotatable bonds is 3. The minimum absolute atomic E-state index is 0.234. The maximum absolute atomic E-state index is 10.9. The van der Waals surface area contributed by atoms with Crippen molar-refractivity contribution in [1.29, 1.82) is 0 Å². The van der Waals surface area contributed by atoms with E-state index in [1.807, 2.05) is 0 Å². The van der Waals surface area contributed by atoms with Gasteiger partial charge in [0, 0.05) is 5.92 Å². The summed E-state index contributed by atoms with van der Waals surface area (Å²) in [5.41, 5.74) is 0. The third-order valence-electron chi connectivity index (χ3n) is 2.57. The molecule has 0 aromatic heterocycles. The summed E-state index contributed by atoms with van der Waals surface area (Å²) in [4.78, 5) is 10.9. The Kier molecular flexibility index (Phi) is 3.96. The number of aliphatic hydroxyl groups is 1. The Labute approximate surface area is 78.8 Å². The first-order chi connectivity index (χ1) is 6.24. The molecule has 0 bridgehead atoms. The van der Waals surface area contributed by atoms with Gasteiger partial charge in [-0.2, -0.15) is 0 Å². The van der Waals surface area contributed by atoms with Crippen LogP contribution in [0.4, 0.5) is 0 Å². The summed E-state index contributed by atoms with van der Waals surface area (Å²) in [6, 6.07) is 0. The fourth-order valence-electron chi connectivity index (χ4n) is 1.77. The summed E-state index contributed by atoms with van der Waals surface area (Å²) in [5.74, 6) is -0.0595. The van der Waals surface area contributed by atoms with Crippen LogP contribution in [0.25, 0.3) is 0 Å². The minimum Gasteiger partial charge on any atom is -0.373 e. The highest BCUT2D eigenvalue weighted by Crippen LogP contribution is 2.25. The van der Waals surface area contributed by atoms with Gasteiger partial charge in [-0.15, -0.1) is 0 Å². The number of hydrogen-bond donors (Lipinski definition) is 2. The van der Waals surface area contributed by atoms with E-state index < -0.39 is 6.23 Å². The predicted molar refractivity (Wildman–Crippen MR) is 50.9 cm³/mol. The zero-order chi connectivity index (χ0) is 9.68. The fraction of sp³-hybridized carbons (Fsp3) is 0.700. The average molecular weight is 183 g/mol. The normalized spacial score (nSPS) is 20.7.